The number of carbonyl (C=O) groups is 2. The molecule has 0 spiro atoms. The van der Waals surface area contributed by atoms with Gasteiger partial charge in [0.15, 0.2) is 0 Å². The van der Waals surface area contributed by atoms with Gasteiger partial charge in [-0.25, -0.2) is 0 Å². The first-order valence-corrected chi connectivity index (χ1v) is 7.42. The van der Waals surface area contributed by atoms with Crippen LogP contribution in [0.4, 0.5) is 0 Å². The molecule has 0 bridgehead atoms. The summed E-state index contributed by atoms with van der Waals surface area (Å²) < 4.78 is 0. The molecule has 1 amide bonds. The first-order valence-electron chi connectivity index (χ1n) is 7.42. The molecule has 0 aromatic carbocycles. The van der Waals surface area contributed by atoms with Crippen LogP contribution in [0.2, 0.25) is 0 Å². The molecule has 0 aromatic heterocycles. The molecule has 2 atom stereocenters. The predicted molar refractivity (Wildman–Crippen MR) is 74.7 cm³/mol. The van der Waals surface area contributed by atoms with Crippen molar-refractivity contribution in [3.63, 3.8) is 0 Å². The molecule has 0 saturated heterocycles. The lowest BCUT2D eigenvalue weighted by Gasteiger charge is -2.26. The van der Waals surface area contributed by atoms with Gasteiger partial charge in [-0.2, -0.15) is 0 Å². The lowest BCUT2D eigenvalue weighted by molar-refractivity contribution is -0.146. The molecule has 19 heavy (non-hydrogen) atoms. The van der Waals surface area contributed by atoms with E-state index in [0.29, 0.717) is 6.54 Å². The van der Waals surface area contributed by atoms with Crippen LogP contribution in [0, 0.1) is 23.7 Å². The number of carbonyl (C=O) groups excluding carboxylic acids is 1. The van der Waals surface area contributed by atoms with E-state index in [1.54, 1.807) is 13.8 Å². The Morgan fingerprint density at radius 2 is 1.74 bits per heavy atom. The molecule has 2 N–H and O–H groups in total. The lowest BCUT2D eigenvalue weighted by atomic mass is 9.81. The van der Waals surface area contributed by atoms with Crippen molar-refractivity contribution in [2.45, 2.75) is 52.9 Å². The van der Waals surface area contributed by atoms with E-state index in [4.69, 9.17) is 5.11 Å². The third-order valence-corrected chi connectivity index (χ3v) is 4.54. The zero-order valence-corrected chi connectivity index (χ0v) is 12.3. The minimum Gasteiger partial charge on any atom is -0.481 e. The van der Waals surface area contributed by atoms with Crippen molar-refractivity contribution in [3.8, 4) is 0 Å². The van der Waals surface area contributed by atoms with E-state index in [2.05, 4.69) is 12.2 Å². The predicted octanol–water partition coefficient (Wildman–Crippen LogP) is 2.68. The third kappa shape index (κ3) is 5.21. The zero-order chi connectivity index (χ0) is 14.4. The molecule has 1 saturated carbocycles. The highest BCUT2D eigenvalue weighted by atomic mass is 16.4. The van der Waals surface area contributed by atoms with Crippen LogP contribution in [0.25, 0.3) is 0 Å². The molecule has 0 radical (unpaired) electrons. The summed E-state index contributed by atoms with van der Waals surface area (Å²) in [6.45, 7) is 6.23. The van der Waals surface area contributed by atoms with E-state index < -0.39 is 17.8 Å². The van der Waals surface area contributed by atoms with Gasteiger partial charge in [0.05, 0.1) is 5.92 Å². The van der Waals surface area contributed by atoms with Gasteiger partial charge in [-0.1, -0.05) is 46.5 Å². The van der Waals surface area contributed by atoms with Gasteiger partial charge in [0.2, 0.25) is 5.91 Å². The number of hydrogen-bond donors (Lipinski definition) is 2. The number of nitrogens with one attached hydrogen (secondary N) is 1. The maximum atomic E-state index is 11.8. The van der Waals surface area contributed by atoms with Crippen LogP contribution < -0.4 is 5.32 Å². The van der Waals surface area contributed by atoms with Crippen molar-refractivity contribution >= 4 is 11.9 Å². The second kappa shape index (κ2) is 7.51. The van der Waals surface area contributed by atoms with Crippen LogP contribution >= 0.6 is 0 Å². The van der Waals surface area contributed by atoms with Crippen LogP contribution in [0.3, 0.4) is 0 Å². The van der Waals surface area contributed by atoms with Crippen molar-refractivity contribution in [2.24, 2.45) is 23.7 Å². The van der Waals surface area contributed by atoms with Gasteiger partial charge in [-0.05, 0) is 18.3 Å². The fraction of sp³-hybridized carbons (Fsp3) is 0.867. The summed E-state index contributed by atoms with van der Waals surface area (Å²) in [6, 6.07) is 0. The number of carboxylic acids is 1. The number of rotatable bonds is 6. The van der Waals surface area contributed by atoms with Gasteiger partial charge >= 0.3 is 5.97 Å². The minimum atomic E-state index is -0.913. The normalized spacial score (nSPS) is 26.5. The van der Waals surface area contributed by atoms with E-state index in [9.17, 15) is 9.59 Å². The van der Waals surface area contributed by atoms with Gasteiger partial charge in [0.25, 0.3) is 0 Å². The SMILES string of the molecule is CC1CCC(CCNC(=O)C(C)C(C)C(=O)O)CC1. The van der Waals surface area contributed by atoms with Gasteiger partial charge in [0, 0.05) is 12.5 Å². The van der Waals surface area contributed by atoms with Gasteiger partial charge < -0.3 is 10.4 Å². The van der Waals surface area contributed by atoms with Crippen LogP contribution in [0.15, 0.2) is 0 Å². The van der Waals surface area contributed by atoms with Crippen molar-refractivity contribution in [1.82, 2.24) is 5.32 Å². The highest BCUT2D eigenvalue weighted by Gasteiger charge is 2.25. The van der Waals surface area contributed by atoms with Crippen LogP contribution in [-0.4, -0.2) is 23.5 Å². The summed E-state index contributed by atoms with van der Waals surface area (Å²) in [4.78, 5) is 22.6. The Morgan fingerprint density at radius 3 is 2.26 bits per heavy atom. The smallest absolute Gasteiger partial charge is 0.307 e. The summed E-state index contributed by atoms with van der Waals surface area (Å²) in [5, 5.41) is 11.7. The molecule has 110 valence electrons. The highest BCUT2D eigenvalue weighted by molar-refractivity contribution is 5.84. The van der Waals surface area contributed by atoms with Gasteiger partial charge in [-0.3, -0.25) is 9.59 Å². The molecular weight excluding hydrogens is 242 g/mol. The van der Waals surface area contributed by atoms with E-state index in [1.807, 2.05) is 0 Å². The second-order valence-corrected chi connectivity index (χ2v) is 6.12. The Balaban J connectivity index is 2.21. The summed E-state index contributed by atoms with van der Waals surface area (Å²) in [7, 11) is 0. The van der Waals surface area contributed by atoms with E-state index in [1.165, 1.54) is 25.7 Å². The molecule has 1 aliphatic rings. The molecule has 4 nitrogen and oxygen atoms in total. The average molecular weight is 269 g/mol. The van der Waals surface area contributed by atoms with E-state index >= 15 is 0 Å². The molecular formula is C15H27NO3. The van der Waals surface area contributed by atoms with E-state index in [0.717, 1.165) is 18.3 Å². The molecule has 2 unspecified atom stereocenters. The molecule has 1 aliphatic carbocycles. The summed E-state index contributed by atoms with van der Waals surface area (Å²) in [5.74, 6) is -0.576. The molecule has 4 heteroatoms. The average Bonchev–Trinajstić information content (AvgIpc) is 2.39. The number of carboxylic acid groups (broad SMARTS) is 1. The number of amides is 1. The largest absolute Gasteiger partial charge is 0.481 e. The van der Waals surface area contributed by atoms with Crippen LogP contribution in [0.5, 0.6) is 0 Å². The Kier molecular flexibility index (Phi) is 6.32. The first-order chi connectivity index (χ1) is 8.91. The molecule has 0 aliphatic heterocycles. The third-order valence-electron chi connectivity index (χ3n) is 4.54. The topological polar surface area (TPSA) is 66.4 Å². The monoisotopic (exact) mass is 269 g/mol. The molecule has 0 aromatic rings. The Hall–Kier alpha value is -1.06. The maximum Gasteiger partial charge on any atom is 0.307 e. The fourth-order valence-electron chi connectivity index (χ4n) is 2.62. The van der Waals surface area contributed by atoms with Crippen molar-refractivity contribution in [1.29, 1.82) is 0 Å². The molecule has 1 fully saturated rings. The van der Waals surface area contributed by atoms with Crippen LogP contribution in [-0.2, 0) is 9.59 Å². The standard InChI is InChI=1S/C15H27NO3/c1-10-4-6-13(7-5-10)8-9-16-14(17)11(2)12(3)15(18)19/h10-13H,4-9H2,1-3H3,(H,16,17)(H,18,19). The Morgan fingerprint density at radius 1 is 1.16 bits per heavy atom. The highest BCUT2D eigenvalue weighted by Crippen LogP contribution is 2.29. The maximum absolute atomic E-state index is 11.8. The first kappa shape index (κ1) is 16.0. The number of hydrogen-bond acceptors (Lipinski definition) is 2. The molecule has 1 rings (SSSR count). The van der Waals surface area contributed by atoms with Crippen molar-refractivity contribution in [2.75, 3.05) is 6.54 Å². The Bertz CT molecular complexity index is 309. The summed E-state index contributed by atoms with van der Waals surface area (Å²) in [6.07, 6.45) is 6.14. The fourth-order valence-corrected chi connectivity index (χ4v) is 2.62. The quantitative estimate of drug-likeness (QED) is 0.779. The number of aliphatic carboxylic acids is 1. The van der Waals surface area contributed by atoms with Gasteiger partial charge in [0.1, 0.15) is 0 Å². The summed E-state index contributed by atoms with van der Waals surface area (Å²) >= 11 is 0. The Labute approximate surface area is 116 Å². The van der Waals surface area contributed by atoms with Crippen molar-refractivity contribution < 1.29 is 14.7 Å². The molecule has 0 heterocycles. The van der Waals surface area contributed by atoms with E-state index in [-0.39, 0.29) is 5.91 Å². The zero-order valence-electron chi connectivity index (χ0n) is 12.3. The lowest BCUT2D eigenvalue weighted by Crippen LogP contribution is -2.36. The van der Waals surface area contributed by atoms with Crippen LogP contribution in [0.1, 0.15) is 52.9 Å². The summed E-state index contributed by atoms with van der Waals surface area (Å²) in [5.41, 5.74) is 0. The van der Waals surface area contributed by atoms with Gasteiger partial charge in [-0.15, -0.1) is 0 Å². The van der Waals surface area contributed by atoms with Crippen molar-refractivity contribution in [3.05, 3.63) is 0 Å². The minimum absolute atomic E-state index is 0.140. The second-order valence-electron chi connectivity index (χ2n) is 6.12.